The van der Waals surface area contributed by atoms with Crippen LogP contribution in [0, 0.1) is 10.1 Å². The lowest BCUT2D eigenvalue weighted by molar-refractivity contribution is -0.386. The number of fused-ring (bicyclic) bond motifs is 1. The molecule has 2 unspecified atom stereocenters. The highest BCUT2D eigenvalue weighted by Gasteiger charge is 2.43. The van der Waals surface area contributed by atoms with E-state index < -0.39 is 16.6 Å². The van der Waals surface area contributed by atoms with Gasteiger partial charge in [-0.25, -0.2) is 0 Å². The SMILES string of the molecule is COCOc1cc2c(cc1[N+](=O)[O-])C(O)C(Br)C(C)(C)O2. The molecule has 0 bridgehead atoms. The lowest BCUT2D eigenvalue weighted by Crippen LogP contribution is -2.45. The molecule has 0 radical (unpaired) electrons. The minimum atomic E-state index is -0.918. The summed E-state index contributed by atoms with van der Waals surface area (Å²) >= 11 is 3.37. The summed E-state index contributed by atoms with van der Waals surface area (Å²) in [7, 11) is 1.42. The number of halogens is 1. The fraction of sp³-hybridized carbons (Fsp3) is 0.538. The number of nitrogens with zero attached hydrogens (tertiary/aromatic N) is 1. The van der Waals surface area contributed by atoms with Gasteiger partial charge in [0, 0.05) is 24.8 Å². The van der Waals surface area contributed by atoms with Crippen molar-refractivity contribution in [1.29, 1.82) is 0 Å². The summed E-state index contributed by atoms with van der Waals surface area (Å²) in [6.45, 7) is 3.51. The largest absolute Gasteiger partial charge is 0.486 e. The number of hydrogen-bond donors (Lipinski definition) is 1. The highest BCUT2D eigenvalue weighted by Crippen LogP contribution is 2.47. The second-order valence-corrected chi connectivity index (χ2v) is 6.20. The number of hydrogen-bond acceptors (Lipinski definition) is 6. The predicted octanol–water partition coefficient (Wildman–Crippen LogP) is 2.55. The van der Waals surface area contributed by atoms with Gasteiger partial charge in [-0.15, -0.1) is 0 Å². The molecule has 8 heteroatoms. The first kappa shape index (κ1) is 16.0. The van der Waals surface area contributed by atoms with Crippen LogP contribution in [0.4, 0.5) is 5.69 Å². The summed E-state index contributed by atoms with van der Waals surface area (Å²) in [4.78, 5) is 10.2. The molecular formula is C13H16BrNO6. The molecule has 0 aliphatic carbocycles. The van der Waals surface area contributed by atoms with Gasteiger partial charge in [0.25, 0.3) is 0 Å². The molecule has 0 amide bonds. The van der Waals surface area contributed by atoms with Crippen LogP contribution in [-0.2, 0) is 4.74 Å². The van der Waals surface area contributed by atoms with Crippen LogP contribution in [0.25, 0.3) is 0 Å². The van der Waals surface area contributed by atoms with Gasteiger partial charge in [-0.2, -0.15) is 0 Å². The van der Waals surface area contributed by atoms with E-state index in [-0.39, 0.29) is 23.1 Å². The molecule has 21 heavy (non-hydrogen) atoms. The first-order chi connectivity index (χ1) is 9.77. The van der Waals surface area contributed by atoms with E-state index in [1.807, 2.05) is 13.8 Å². The third-order valence-electron chi connectivity index (χ3n) is 3.25. The standard InChI is InChI=1S/C13H16BrNO6/c1-13(2)12(14)11(16)7-4-8(15(17)18)10(20-6-19-3)5-9(7)21-13/h4-5,11-12,16H,6H2,1-3H3. The van der Waals surface area contributed by atoms with E-state index in [0.29, 0.717) is 11.3 Å². The van der Waals surface area contributed by atoms with Crippen molar-refractivity contribution >= 4 is 21.6 Å². The number of nitro groups is 1. The van der Waals surface area contributed by atoms with Crippen molar-refractivity contribution in [3.8, 4) is 11.5 Å². The van der Waals surface area contributed by atoms with Crippen molar-refractivity contribution < 1.29 is 24.2 Å². The molecule has 0 saturated heterocycles. The number of nitro benzene ring substituents is 1. The van der Waals surface area contributed by atoms with Crippen molar-refractivity contribution in [2.24, 2.45) is 0 Å². The van der Waals surface area contributed by atoms with E-state index in [4.69, 9.17) is 14.2 Å². The maximum Gasteiger partial charge on any atom is 0.311 e. The van der Waals surface area contributed by atoms with Gasteiger partial charge in [0.2, 0.25) is 5.75 Å². The van der Waals surface area contributed by atoms with E-state index >= 15 is 0 Å². The smallest absolute Gasteiger partial charge is 0.311 e. The van der Waals surface area contributed by atoms with Crippen molar-refractivity contribution in [3.63, 3.8) is 0 Å². The Hall–Kier alpha value is -1.38. The molecule has 7 nitrogen and oxygen atoms in total. The lowest BCUT2D eigenvalue weighted by Gasteiger charge is -2.40. The van der Waals surface area contributed by atoms with Gasteiger partial charge in [0.1, 0.15) is 11.4 Å². The third kappa shape index (κ3) is 2.97. The molecule has 1 heterocycles. The topological polar surface area (TPSA) is 91.1 Å². The number of methoxy groups -OCH3 is 1. The van der Waals surface area contributed by atoms with Gasteiger partial charge in [0.15, 0.2) is 6.79 Å². The zero-order valence-corrected chi connectivity index (χ0v) is 13.4. The van der Waals surface area contributed by atoms with Gasteiger partial charge < -0.3 is 19.3 Å². The van der Waals surface area contributed by atoms with Gasteiger partial charge >= 0.3 is 5.69 Å². The molecule has 0 saturated carbocycles. The average Bonchev–Trinajstić information content (AvgIpc) is 2.41. The Morgan fingerprint density at radius 1 is 1.52 bits per heavy atom. The Morgan fingerprint density at radius 3 is 2.76 bits per heavy atom. The summed E-state index contributed by atoms with van der Waals surface area (Å²) in [6.07, 6.45) is -0.918. The van der Waals surface area contributed by atoms with E-state index in [0.717, 1.165) is 0 Å². The minimum absolute atomic E-state index is 0.0385. The molecule has 2 atom stereocenters. The van der Waals surface area contributed by atoms with Crippen LogP contribution in [0.2, 0.25) is 0 Å². The van der Waals surface area contributed by atoms with E-state index in [1.54, 1.807) is 0 Å². The molecule has 1 aromatic rings. The highest BCUT2D eigenvalue weighted by molar-refractivity contribution is 9.09. The summed E-state index contributed by atoms with van der Waals surface area (Å²) in [6, 6.07) is 2.69. The number of aliphatic hydroxyl groups is 1. The Morgan fingerprint density at radius 2 is 2.19 bits per heavy atom. The normalized spacial score (nSPS) is 23.1. The lowest BCUT2D eigenvalue weighted by atomic mass is 9.91. The van der Waals surface area contributed by atoms with Crippen molar-refractivity contribution in [2.45, 2.75) is 30.4 Å². The molecule has 0 aromatic heterocycles. The van der Waals surface area contributed by atoms with Gasteiger partial charge in [-0.3, -0.25) is 10.1 Å². The summed E-state index contributed by atoms with van der Waals surface area (Å²) < 4.78 is 15.8. The minimum Gasteiger partial charge on any atom is -0.486 e. The summed E-state index contributed by atoms with van der Waals surface area (Å²) in [5, 5.41) is 21.5. The Kier molecular flexibility index (Phi) is 4.40. The number of alkyl halides is 1. The summed E-state index contributed by atoms with van der Waals surface area (Å²) in [5.41, 5.74) is -0.554. The number of rotatable bonds is 4. The molecule has 0 fully saturated rings. The number of ether oxygens (including phenoxy) is 3. The number of aliphatic hydroxyl groups excluding tert-OH is 1. The predicted molar refractivity (Wildman–Crippen MR) is 78.0 cm³/mol. The zero-order valence-electron chi connectivity index (χ0n) is 11.8. The van der Waals surface area contributed by atoms with E-state index in [9.17, 15) is 15.2 Å². The van der Waals surface area contributed by atoms with E-state index in [1.165, 1.54) is 19.2 Å². The highest BCUT2D eigenvalue weighted by atomic mass is 79.9. The molecular weight excluding hydrogens is 346 g/mol. The van der Waals surface area contributed by atoms with Crippen LogP contribution in [0.5, 0.6) is 11.5 Å². The van der Waals surface area contributed by atoms with Crippen LogP contribution < -0.4 is 9.47 Å². The van der Waals surface area contributed by atoms with Gasteiger partial charge in [-0.05, 0) is 13.8 Å². The molecule has 2 rings (SSSR count). The maximum atomic E-state index is 11.1. The van der Waals surface area contributed by atoms with Crippen LogP contribution >= 0.6 is 15.9 Å². The second-order valence-electron chi connectivity index (χ2n) is 5.22. The monoisotopic (exact) mass is 361 g/mol. The van der Waals surface area contributed by atoms with Crippen LogP contribution in [0.1, 0.15) is 25.5 Å². The molecule has 1 aliphatic rings. The van der Waals surface area contributed by atoms with Crippen molar-refractivity contribution in [2.75, 3.05) is 13.9 Å². The van der Waals surface area contributed by atoms with Gasteiger partial charge in [0.05, 0.1) is 15.9 Å². The molecule has 116 valence electrons. The van der Waals surface area contributed by atoms with Crippen molar-refractivity contribution in [1.82, 2.24) is 0 Å². The Bertz CT molecular complexity index is 562. The maximum absolute atomic E-state index is 11.1. The quantitative estimate of drug-likeness (QED) is 0.383. The fourth-order valence-corrected chi connectivity index (χ4v) is 2.52. The fourth-order valence-electron chi connectivity index (χ4n) is 2.14. The average molecular weight is 362 g/mol. The molecule has 0 spiro atoms. The van der Waals surface area contributed by atoms with Gasteiger partial charge in [-0.1, -0.05) is 15.9 Å². The third-order valence-corrected chi connectivity index (χ3v) is 4.86. The Labute approximate surface area is 130 Å². The molecule has 1 N–H and O–H groups in total. The Balaban J connectivity index is 2.51. The summed E-state index contributed by atoms with van der Waals surface area (Å²) in [5.74, 6) is 0.400. The van der Waals surface area contributed by atoms with Crippen molar-refractivity contribution in [3.05, 3.63) is 27.8 Å². The molecule has 1 aromatic carbocycles. The first-order valence-electron chi connectivity index (χ1n) is 6.23. The number of benzene rings is 1. The van der Waals surface area contributed by atoms with Crippen LogP contribution in [0.3, 0.4) is 0 Å². The van der Waals surface area contributed by atoms with Crippen LogP contribution in [-0.4, -0.2) is 34.4 Å². The van der Waals surface area contributed by atoms with E-state index in [2.05, 4.69) is 15.9 Å². The first-order valence-corrected chi connectivity index (χ1v) is 7.14. The second kappa shape index (κ2) is 5.78. The molecule has 1 aliphatic heterocycles. The van der Waals surface area contributed by atoms with Crippen LogP contribution in [0.15, 0.2) is 12.1 Å². The zero-order chi connectivity index (χ0) is 15.8.